The van der Waals surface area contributed by atoms with E-state index in [0.29, 0.717) is 5.92 Å². The predicted octanol–water partition coefficient (Wildman–Crippen LogP) is 2.21. The third kappa shape index (κ3) is 6.50. The Bertz CT molecular complexity index is 190. The fourth-order valence-corrected chi connectivity index (χ4v) is 0.997. The molecule has 0 rings (SSSR count). The number of nitrogens with one attached hydrogen (secondary N) is 1. The number of ether oxygens (including phenoxy) is 1. The molecule has 0 fully saturated rings. The highest BCUT2D eigenvalue weighted by Gasteiger charge is 2.17. The number of hydrogen-bond acceptors (Lipinski definition) is 2. The monoisotopic (exact) mass is 215 g/mol. The number of rotatable bonds is 6. The quantitative estimate of drug-likeness (QED) is 0.737. The van der Waals surface area contributed by atoms with Crippen LogP contribution in [0.3, 0.4) is 0 Å². The van der Waals surface area contributed by atoms with Crippen molar-refractivity contribution in [3.8, 4) is 0 Å². The van der Waals surface area contributed by atoms with Crippen LogP contribution in [0.5, 0.6) is 0 Å². The molecule has 15 heavy (non-hydrogen) atoms. The Balaban J connectivity index is 3.88. The second-order valence-corrected chi connectivity index (χ2v) is 4.88. The van der Waals surface area contributed by atoms with Crippen molar-refractivity contribution in [2.45, 2.75) is 53.7 Å². The Morgan fingerprint density at radius 1 is 1.13 bits per heavy atom. The Morgan fingerprint density at radius 2 is 1.67 bits per heavy atom. The highest BCUT2D eigenvalue weighted by molar-refractivity contribution is 5.78. The molecular weight excluding hydrogens is 190 g/mol. The van der Waals surface area contributed by atoms with E-state index in [1.807, 2.05) is 27.7 Å². The lowest BCUT2D eigenvalue weighted by molar-refractivity contribution is -0.125. The molecule has 0 saturated carbocycles. The second kappa shape index (κ2) is 6.83. The predicted molar refractivity (Wildman–Crippen MR) is 62.7 cm³/mol. The van der Waals surface area contributed by atoms with E-state index in [2.05, 4.69) is 19.2 Å². The fraction of sp³-hybridized carbons (Fsp3) is 0.917. The molecule has 0 aliphatic carbocycles. The van der Waals surface area contributed by atoms with Gasteiger partial charge in [-0.05, 0) is 19.8 Å². The average molecular weight is 215 g/mol. The van der Waals surface area contributed by atoms with Gasteiger partial charge in [-0.1, -0.05) is 27.7 Å². The van der Waals surface area contributed by atoms with E-state index in [9.17, 15) is 4.79 Å². The van der Waals surface area contributed by atoms with Gasteiger partial charge in [-0.15, -0.1) is 0 Å². The minimum absolute atomic E-state index is 0.0322. The molecule has 3 heteroatoms. The van der Waals surface area contributed by atoms with Crippen molar-refractivity contribution >= 4 is 5.91 Å². The number of carbonyl (C=O) groups excluding carboxylic acids is 1. The summed E-state index contributed by atoms with van der Waals surface area (Å²) in [6.07, 6.45) is 0.0649. The lowest BCUT2D eigenvalue weighted by atomic mass is 10.1. The normalized spacial score (nSPS) is 15.5. The maximum Gasteiger partial charge on any atom is 0.222 e. The van der Waals surface area contributed by atoms with Crippen molar-refractivity contribution in [1.29, 1.82) is 0 Å². The molecule has 0 aromatic heterocycles. The molecule has 0 aliphatic heterocycles. The molecule has 0 aromatic rings. The van der Waals surface area contributed by atoms with Gasteiger partial charge in [0.25, 0.3) is 0 Å². The van der Waals surface area contributed by atoms with Gasteiger partial charge in [0.1, 0.15) is 0 Å². The summed E-state index contributed by atoms with van der Waals surface area (Å²) in [6, 6.07) is 0.0682. The van der Waals surface area contributed by atoms with Crippen LogP contribution in [-0.4, -0.2) is 24.7 Å². The van der Waals surface area contributed by atoms with Crippen molar-refractivity contribution in [3.63, 3.8) is 0 Å². The molecule has 3 nitrogen and oxygen atoms in total. The number of hydrogen-bond donors (Lipinski definition) is 1. The van der Waals surface area contributed by atoms with Crippen LogP contribution in [0, 0.1) is 11.8 Å². The van der Waals surface area contributed by atoms with E-state index in [0.717, 1.165) is 6.61 Å². The van der Waals surface area contributed by atoms with E-state index >= 15 is 0 Å². The van der Waals surface area contributed by atoms with Gasteiger partial charge in [-0.2, -0.15) is 0 Å². The second-order valence-electron chi connectivity index (χ2n) is 4.88. The SMILES string of the molecule is CC(C)COC(C)[C@@H](C)NC(=O)C(C)C. The van der Waals surface area contributed by atoms with Crippen molar-refractivity contribution < 1.29 is 9.53 Å². The molecule has 1 unspecified atom stereocenters. The Labute approximate surface area is 93.6 Å². The van der Waals surface area contributed by atoms with Gasteiger partial charge in [0, 0.05) is 12.5 Å². The summed E-state index contributed by atoms with van der Waals surface area (Å²) >= 11 is 0. The lowest BCUT2D eigenvalue weighted by Crippen LogP contribution is -2.43. The third-order valence-electron chi connectivity index (χ3n) is 2.29. The summed E-state index contributed by atoms with van der Waals surface area (Å²) in [6.45, 7) is 12.7. The Hall–Kier alpha value is -0.570. The van der Waals surface area contributed by atoms with Gasteiger partial charge in [-0.3, -0.25) is 4.79 Å². The molecule has 2 atom stereocenters. The van der Waals surface area contributed by atoms with E-state index in [4.69, 9.17) is 4.74 Å². The zero-order chi connectivity index (χ0) is 12.0. The first kappa shape index (κ1) is 14.4. The molecule has 1 N–H and O–H groups in total. The molecule has 0 bridgehead atoms. The first-order valence-electron chi connectivity index (χ1n) is 5.76. The Kier molecular flexibility index (Phi) is 6.57. The first-order valence-corrected chi connectivity index (χ1v) is 5.76. The highest BCUT2D eigenvalue weighted by atomic mass is 16.5. The molecule has 0 heterocycles. The minimum Gasteiger partial charge on any atom is -0.376 e. The molecule has 0 radical (unpaired) electrons. The van der Waals surface area contributed by atoms with Gasteiger partial charge >= 0.3 is 0 Å². The zero-order valence-corrected chi connectivity index (χ0v) is 10.8. The summed E-state index contributed by atoms with van der Waals surface area (Å²) in [5.74, 6) is 0.646. The summed E-state index contributed by atoms with van der Waals surface area (Å²) in [4.78, 5) is 11.4. The minimum atomic E-state index is 0.0322. The summed E-state index contributed by atoms with van der Waals surface area (Å²) in [5, 5.41) is 2.94. The van der Waals surface area contributed by atoms with Gasteiger partial charge in [0.15, 0.2) is 0 Å². The summed E-state index contributed by atoms with van der Waals surface area (Å²) in [5.41, 5.74) is 0. The Morgan fingerprint density at radius 3 is 2.07 bits per heavy atom. The van der Waals surface area contributed by atoms with Crippen LogP contribution in [0.2, 0.25) is 0 Å². The molecule has 0 aliphatic rings. The lowest BCUT2D eigenvalue weighted by Gasteiger charge is -2.23. The molecule has 1 amide bonds. The van der Waals surface area contributed by atoms with Gasteiger partial charge in [0.05, 0.1) is 12.1 Å². The largest absolute Gasteiger partial charge is 0.376 e. The van der Waals surface area contributed by atoms with Crippen molar-refractivity contribution in [1.82, 2.24) is 5.32 Å². The van der Waals surface area contributed by atoms with Crippen LogP contribution in [0.4, 0.5) is 0 Å². The number of carbonyl (C=O) groups is 1. The van der Waals surface area contributed by atoms with E-state index in [-0.39, 0.29) is 24.0 Å². The van der Waals surface area contributed by atoms with E-state index < -0.39 is 0 Å². The molecule has 0 saturated heterocycles. The van der Waals surface area contributed by atoms with Crippen LogP contribution in [0.15, 0.2) is 0 Å². The van der Waals surface area contributed by atoms with Gasteiger partial charge in [0.2, 0.25) is 5.91 Å². The fourth-order valence-electron chi connectivity index (χ4n) is 0.997. The highest BCUT2D eigenvalue weighted by Crippen LogP contribution is 2.03. The zero-order valence-electron chi connectivity index (χ0n) is 10.8. The van der Waals surface area contributed by atoms with Crippen LogP contribution >= 0.6 is 0 Å². The average Bonchev–Trinajstić information content (AvgIpc) is 2.13. The standard InChI is InChI=1S/C12H25NO2/c1-8(2)7-15-11(6)10(5)13-12(14)9(3)4/h8-11H,7H2,1-6H3,(H,13,14)/t10-,11?/m1/s1. The van der Waals surface area contributed by atoms with Crippen LogP contribution in [0.25, 0.3) is 0 Å². The first-order chi connectivity index (χ1) is 6.84. The molecule has 0 spiro atoms. The van der Waals surface area contributed by atoms with E-state index in [1.54, 1.807) is 0 Å². The van der Waals surface area contributed by atoms with Crippen molar-refractivity contribution in [3.05, 3.63) is 0 Å². The molecule has 90 valence electrons. The molecular formula is C12H25NO2. The van der Waals surface area contributed by atoms with E-state index in [1.165, 1.54) is 0 Å². The summed E-state index contributed by atoms with van der Waals surface area (Å²) < 4.78 is 5.63. The van der Waals surface area contributed by atoms with Crippen molar-refractivity contribution in [2.24, 2.45) is 11.8 Å². The third-order valence-corrected chi connectivity index (χ3v) is 2.29. The van der Waals surface area contributed by atoms with Gasteiger partial charge in [-0.25, -0.2) is 0 Å². The van der Waals surface area contributed by atoms with Crippen LogP contribution < -0.4 is 5.32 Å². The molecule has 0 aromatic carbocycles. The topological polar surface area (TPSA) is 38.3 Å². The van der Waals surface area contributed by atoms with Crippen LogP contribution in [0.1, 0.15) is 41.5 Å². The van der Waals surface area contributed by atoms with Crippen molar-refractivity contribution in [2.75, 3.05) is 6.61 Å². The summed E-state index contributed by atoms with van der Waals surface area (Å²) in [7, 11) is 0. The van der Waals surface area contributed by atoms with Crippen LogP contribution in [-0.2, 0) is 9.53 Å². The number of amides is 1. The maximum absolute atomic E-state index is 11.4. The maximum atomic E-state index is 11.4. The smallest absolute Gasteiger partial charge is 0.222 e. The van der Waals surface area contributed by atoms with Gasteiger partial charge < -0.3 is 10.1 Å².